The third-order valence-electron chi connectivity index (χ3n) is 3.43. The summed E-state index contributed by atoms with van der Waals surface area (Å²) in [5.41, 5.74) is 5.81. The molecule has 2 N–H and O–H groups in total. The lowest BCUT2D eigenvalue weighted by Crippen LogP contribution is -2.43. The number of esters is 1. The van der Waals surface area contributed by atoms with Gasteiger partial charge in [0.15, 0.2) is 0 Å². The normalized spacial score (nSPS) is 20.6. The molecule has 1 fully saturated rings. The third-order valence-corrected chi connectivity index (χ3v) is 5.30. The van der Waals surface area contributed by atoms with Crippen LogP contribution in [0.3, 0.4) is 0 Å². The zero-order valence-electron chi connectivity index (χ0n) is 11.0. The van der Waals surface area contributed by atoms with Crippen molar-refractivity contribution >= 4 is 16.0 Å². The van der Waals surface area contributed by atoms with Crippen LogP contribution in [0.15, 0.2) is 0 Å². The molecule has 1 unspecified atom stereocenters. The Morgan fingerprint density at radius 3 is 2.44 bits per heavy atom. The van der Waals surface area contributed by atoms with Crippen LogP contribution in [0.2, 0.25) is 0 Å². The number of nitrogens with zero attached hydrogens (tertiary/aromatic N) is 1. The molecule has 1 aliphatic heterocycles. The third kappa shape index (κ3) is 4.22. The Kier molecular flexibility index (Phi) is 5.55. The Hall–Kier alpha value is -0.660. The summed E-state index contributed by atoms with van der Waals surface area (Å²) in [6.45, 7) is 2.94. The van der Waals surface area contributed by atoms with Crippen molar-refractivity contribution in [3.8, 4) is 0 Å². The zero-order valence-corrected chi connectivity index (χ0v) is 11.8. The van der Waals surface area contributed by atoms with Crippen molar-refractivity contribution < 1.29 is 17.9 Å². The van der Waals surface area contributed by atoms with E-state index in [0.29, 0.717) is 19.0 Å². The van der Waals surface area contributed by atoms with Crippen LogP contribution in [0, 0.1) is 5.92 Å². The van der Waals surface area contributed by atoms with E-state index in [1.165, 1.54) is 11.4 Å². The summed E-state index contributed by atoms with van der Waals surface area (Å²) in [5.74, 6) is -0.288. The van der Waals surface area contributed by atoms with Crippen LogP contribution in [0.5, 0.6) is 0 Å². The lowest BCUT2D eigenvalue weighted by Gasteiger charge is -2.32. The van der Waals surface area contributed by atoms with Crippen molar-refractivity contribution in [1.29, 1.82) is 0 Å². The van der Waals surface area contributed by atoms with Gasteiger partial charge < -0.3 is 10.5 Å². The molecule has 18 heavy (non-hydrogen) atoms. The summed E-state index contributed by atoms with van der Waals surface area (Å²) in [7, 11) is -2.09. The molecule has 1 atom stereocenters. The van der Waals surface area contributed by atoms with Crippen LogP contribution in [-0.4, -0.2) is 50.7 Å². The number of nitrogens with two attached hydrogens (primary N) is 1. The molecular weight excluding hydrogens is 256 g/mol. The molecule has 1 saturated heterocycles. The standard InChI is InChI=1S/C11H22N2O4S/c1-9(12)10-3-6-13(7-4-10)18(15,16)8-5-11(14)17-2/h9-10H,3-8,12H2,1-2H3. The van der Waals surface area contributed by atoms with E-state index < -0.39 is 16.0 Å². The number of rotatable bonds is 5. The molecule has 6 nitrogen and oxygen atoms in total. The van der Waals surface area contributed by atoms with Crippen LogP contribution in [0.4, 0.5) is 0 Å². The quantitative estimate of drug-likeness (QED) is 0.711. The molecule has 1 aliphatic rings. The van der Waals surface area contributed by atoms with E-state index in [2.05, 4.69) is 4.74 Å². The van der Waals surface area contributed by atoms with E-state index in [1.807, 2.05) is 6.92 Å². The van der Waals surface area contributed by atoms with E-state index in [4.69, 9.17) is 5.73 Å². The summed E-state index contributed by atoms with van der Waals surface area (Å²) in [4.78, 5) is 11.0. The highest BCUT2D eigenvalue weighted by Crippen LogP contribution is 2.22. The number of methoxy groups -OCH3 is 1. The van der Waals surface area contributed by atoms with Gasteiger partial charge in [-0.1, -0.05) is 0 Å². The van der Waals surface area contributed by atoms with Crippen LogP contribution in [0.1, 0.15) is 26.2 Å². The minimum atomic E-state index is -3.35. The fourth-order valence-electron chi connectivity index (χ4n) is 2.12. The Balaban J connectivity index is 2.48. The summed E-state index contributed by atoms with van der Waals surface area (Å²) in [5, 5.41) is 0. The van der Waals surface area contributed by atoms with Crippen LogP contribution in [0.25, 0.3) is 0 Å². The maximum atomic E-state index is 12.0. The van der Waals surface area contributed by atoms with Gasteiger partial charge in [-0.15, -0.1) is 0 Å². The molecule has 0 bridgehead atoms. The highest BCUT2D eigenvalue weighted by Gasteiger charge is 2.29. The van der Waals surface area contributed by atoms with E-state index in [1.54, 1.807) is 0 Å². The second-order valence-corrected chi connectivity index (χ2v) is 6.83. The first-order valence-corrected chi connectivity index (χ1v) is 7.78. The average Bonchev–Trinajstić information content (AvgIpc) is 2.36. The molecule has 106 valence electrons. The molecule has 1 heterocycles. The average molecular weight is 278 g/mol. The molecule has 0 aromatic heterocycles. The predicted molar refractivity (Wildman–Crippen MR) is 68.4 cm³/mol. The van der Waals surface area contributed by atoms with Gasteiger partial charge in [0.05, 0.1) is 19.3 Å². The molecule has 0 spiro atoms. The second kappa shape index (κ2) is 6.49. The van der Waals surface area contributed by atoms with Crippen molar-refractivity contribution in [3.05, 3.63) is 0 Å². The van der Waals surface area contributed by atoms with Crippen molar-refractivity contribution in [2.24, 2.45) is 11.7 Å². The highest BCUT2D eigenvalue weighted by atomic mass is 32.2. The smallest absolute Gasteiger partial charge is 0.306 e. The van der Waals surface area contributed by atoms with Crippen molar-refractivity contribution in [1.82, 2.24) is 4.31 Å². The van der Waals surface area contributed by atoms with E-state index in [9.17, 15) is 13.2 Å². The van der Waals surface area contributed by atoms with Gasteiger partial charge in [0, 0.05) is 19.1 Å². The first-order valence-electron chi connectivity index (χ1n) is 6.17. The number of carbonyl (C=O) groups excluding carboxylic acids is 1. The molecule has 0 aromatic carbocycles. The summed E-state index contributed by atoms with van der Waals surface area (Å²) in [6.07, 6.45) is 1.48. The first-order chi connectivity index (χ1) is 8.36. The van der Waals surface area contributed by atoms with E-state index in [-0.39, 0.29) is 18.2 Å². The Morgan fingerprint density at radius 1 is 1.44 bits per heavy atom. The van der Waals surface area contributed by atoms with Crippen molar-refractivity contribution in [2.45, 2.75) is 32.2 Å². The molecule has 0 saturated carbocycles. The van der Waals surface area contributed by atoms with Crippen LogP contribution >= 0.6 is 0 Å². The van der Waals surface area contributed by atoms with Gasteiger partial charge in [-0.3, -0.25) is 4.79 Å². The lowest BCUT2D eigenvalue weighted by molar-refractivity contribution is -0.140. The summed E-state index contributed by atoms with van der Waals surface area (Å²) >= 11 is 0. The topological polar surface area (TPSA) is 89.7 Å². The minimum absolute atomic E-state index is 0.0912. The van der Waals surface area contributed by atoms with Gasteiger partial charge in [0.2, 0.25) is 10.0 Å². The molecular formula is C11H22N2O4S. The second-order valence-electron chi connectivity index (χ2n) is 4.74. The molecule has 0 aromatic rings. The van der Waals surface area contributed by atoms with Gasteiger partial charge in [-0.05, 0) is 25.7 Å². The highest BCUT2D eigenvalue weighted by molar-refractivity contribution is 7.89. The maximum Gasteiger partial charge on any atom is 0.306 e. The van der Waals surface area contributed by atoms with Gasteiger partial charge in [-0.2, -0.15) is 0 Å². The SMILES string of the molecule is COC(=O)CCS(=O)(=O)N1CCC(C(C)N)CC1. The van der Waals surface area contributed by atoms with Crippen molar-refractivity contribution in [2.75, 3.05) is 26.0 Å². The molecule has 7 heteroatoms. The number of hydrogen-bond donors (Lipinski definition) is 1. The number of sulfonamides is 1. The molecule has 1 rings (SSSR count). The number of piperidine rings is 1. The fourth-order valence-corrected chi connectivity index (χ4v) is 3.57. The van der Waals surface area contributed by atoms with E-state index in [0.717, 1.165) is 12.8 Å². The van der Waals surface area contributed by atoms with Crippen molar-refractivity contribution in [3.63, 3.8) is 0 Å². The molecule has 0 aliphatic carbocycles. The lowest BCUT2D eigenvalue weighted by atomic mass is 9.92. The Bertz CT molecular complexity index is 373. The predicted octanol–water partition coefficient (Wildman–Crippen LogP) is -0.0615. The molecule has 0 radical (unpaired) electrons. The summed E-state index contributed by atoms with van der Waals surface area (Å²) < 4.78 is 29.8. The van der Waals surface area contributed by atoms with Gasteiger partial charge >= 0.3 is 5.97 Å². The first kappa shape index (κ1) is 15.4. The number of hydrogen-bond acceptors (Lipinski definition) is 5. The monoisotopic (exact) mass is 278 g/mol. The van der Waals surface area contributed by atoms with Gasteiger partial charge in [-0.25, -0.2) is 12.7 Å². The largest absolute Gasteiger partial charge is 0.469 e. The Labute approximate surface area is 109 Å². The summed E-state index contributed by atoms with van der Waals surface area (Å²) in [6, 6.07) is 0.102. The van der Waals surface area contributed by atoms with Crippen LogP contribution < -0.4 is 5.73 Å². The fraction of sp³-hybridized carbons (Fsp3) is 0.909. The zero-order chi connectivity index (χ0) is 13.8. The van der Waals surface area contributed by atoms with Crippen LogP contribution in [-0.2, 0) is 19.6 Å². The van der Waals surface area contributed by atoms with E-state index >= 15 is 0 Å². The van der Waals surface area contributed by atoms with Gasteiger partial charge in [0.1, 0.15) is 0 Å². The Morgan fingerprint density at radius 2 is 2.00 bits per heavy atom. The number of ether oxygens (including phenoxy) is 1. The number of carbonyl (C=O) groups is 1. The van der Waals surface area contributed by atoms with Gasteiger partial charge in [0.25, 0.3) is 0 Å². The minimum Gasteiger partial charge on any atom is -0.469 e. The molecule has 0 amide bonds. The maximum absolute atomic E-state index is 12.0.